The van der Waals surface area contributed by atoms with Crippen LogP contribution in [0.5, 0.6) is 0 Å². The van der Waals surface area contributed by atoms with Crippen LogP contribution in [0.2, 0.25) is 0 Å². The van der Waals surface area contributed by atoms with E-state index in [9.17, 15) is 4.79 Å². The Morgan fingerprint density at radius 2 is 2.15 bits per heavy atom. The molecule has 3 rings (SSSR count). The van der Waals surface area contributed by atoms with E-state index in [4.69, 9.17) is 0 Å². The van der Waals surface area contributed by atoms with Crippen molar-refractivity contribution in [3.8, 4) is 9.88 Å². The number of rotatable bonds is 4. The second-order valence-electron chi connectivity index (χ2n) is 5.00. The lowest BCUT2D eigenvalue weighted by molar-refractivity contribution is -0.121. The molecule has 0 bridgehead atoms. The van der Waals surface area contributed by atoms with Gasteiger partial charge in [-0.15, -0.1) is 22.7 Å². The van der Waals surface area contributed by atoms with Crippen molar-refractivity contribution in [3.63, 3.8) is 0 Å². The summed E-state index contributed by atoms with van der Waals surface area (Å²) in [6, 6.07) is 2.44. The van der Waals surface area contributed by atoms with Crippen molar-refractivity contribution >= 4 is 44.5 Å². The zero-order valence-corrected chi connectivity index (χ0v) is 14.1. The first-order valence-electron chi connectivity index (χ1n) is 6.69. The molecule has 0 atom stereocenters. The summed E-state index contributed by atoms with van der Waals surface area (Å²) >= 11 is 6.71. The Kier molecular flexibility index (Phi) is 4.53. The minimum atomic E-state index is 0.0983. The first kappa shape index (κ1) is 14.2. The quantitative estimate of drug-likeness (QED) is 0.874. The van der Waals surface area contributed by atoms with Crippen molar-refractivity contribution in [2.45, 2.75) is 38.1 Å². The number of aromatic nitrogens is 1. The van der Waals surface area contributed by atoms with E-state index in [1.54, 1.807) is 22.7 Å². The number of halogens is 1. The molecule has 0 spiro atoms. The van der Waals surface area contributed by atoms with E-state index in [0.29, 0.717) is 12.5 Å². The summed E-state index contributed by atoms with van der Waals surface area (Å²) < 4.78 is 1.08. The zero-order chi connectivity index (χ0) is 13.9. The van der Waals surface area contributed by atoms with Crippen molar-refractivity contribution in [2.24, 2.45) is 0 Å². The lowest BCUT2D eigenvalue weighted by Gasteiger charge is -2.10. The summed E-state index contributed by atoms with van der Waals surface area (Å²) in [5.41, 5.74) is 0.866. The van der Waals surface area contributed by atoms with Gasteiger partial charge in [-0.3, -0.25) is 4.79 Å². The fourth-order valence-corrected chi connectivity index (χ4v) is 4.77. The molecule has 6 heteroatoms. The molecule has 0 radical (unpaired) electrons. The van der Waals surface area contributed by atoms with Gasteiger partial charge in [0, 0.05) is 21.3 Å². The van der Waals surface area contributed by atoms with Crippen LogP contribution in [0.15, 0.2) is 21.3 Å². The first-order chi connectivity index (χ1) is 9.70. The topological polar surface area (TPSA) is 42.0 Å². The van der Waals surface area contributed by atoms with Gasteiger partial charge in [-0.1, -0.05) is 12.8 Å². The third kappa shape index (κ3) is 3.48. The van der Waals surface area contributed by atoms with Crippen molar-refractivity contribution in [2.75, 3.05) is 0 Å². The number of hydrogen-bond donors (Lipinski definition) is 1. The van der Waals surface area contributed by atoms with E-state index >= 15 is 0 Å². The Hall–Kier alpha value is -0.720. The Labute approximate surface area is 134 Å². The van der Waals surface area contributed by atoms with Crippen LogP contribution in [0, 0.1) is 0 Å². The number of amides is 1. The van der Waals surface area contributed by atoms with Crippen LogP contribution in [0.3, 0.4) is 0 Å². The van der Waals surface area contributed by atoms with Crippen molar-refractivity contribution < 1.29 is 4.79 Å². The van der Waals surface area contributed by atoms with Gasteiger partial charge in [0.05, 0.1) is 17.0 Å². The third-order valence-electron chi connectivity index (χ3n) is 3.39. The highest BCUT2D eigenvalue weighted by molar-refractivity contribution is 9.10. The molecule has 1 aliphatic rings. The highest BCUT2D eigenvalue weighted by Crippen LogP contribution is 2.32. The molecule has 0 aromatic carbocycles. The standard InChI is InChI=1S/C14H15BrN2OS2/c15-9-5-12(19-7-9)14-17-11(8-20-14)6-13(18)16-10-3-1-2-4-10/h5,7-8,10H,1-4,6H2,(H,16,18). The molecule has 1 saturated carbocycles. The number of nitrogens with zero attached hydrogens (tertiary/aromatic N) is 1. The van der Waals surface area contributed by atoms with E-state index in [-0.39, 0.29) is 5.91 Å². The van der Waals surface area contributed by atoms with Crippen molar-refractivity contribution in [1.82, 2.24) is 10.3 Å². The average molecular weight is 371 g/mol. The molecule has 1 fully saturated rings. The molecule has 2 heterocycles. The summed E-state index contributed by atoms with van der Waals surface area (Å²) in [6.45, 7) is 0. The molecule has 20 heavy (non-hydrogen) atoms. The van der Waals surface area contributed by atoms with Crippen LogP contribution in [0.1, 0.15) is 31.4 Å². The average Bonchev–Trinajstić information content (AvgIpc) is 3.10. The molecule has 3 nitrogen and oxygen atoms in total. The lowest BCUT2D eigenvalue weighted by atomic mass is 10.2. The lowest BCUT2D eigenvalue weighted by Crippen LogP contribution is -2.33. The number of carbonyl (C=O) groups excluding carboxylic acids is 1. The Bertz CT molecular complexity index is 602. The van der Waals surface area contributed by atoms with Crippen molar-refractivity contribution in [3.05, 3.63) is 27.0 Å². The van der Waals surface area contributed by atoms with Crippen LogP contribution in [0.4, 0.5) is 0 Å². The maximum Gasteiger partial charge on any atom is 0.226 e. The second-order valence-corrected chi connectivity index (χ2v) is 7.68. The molecule has 1 N–H and O–H groups in total. The van der Waals surface area contributed by atoms with E-state index < -0.39 is 0 Å². The second kappa shape index (κ2) is 6.37. The van der Waals surface area contributed by atoms with Gasteiger partial charge < -0.3 is 5.32 Å². The van der Waals surface area contributed by atoms with Crippen LogP contribution >= 0.6 is 38.6 Å². The number of nitrogens with one attached hydrogen (secondary N) is 1. The van der Waals surface area contributed by atoms with Crippen LogP contribution in [-0.4, -0.2) is 16.9 Å². The smallest absolute Gasteiger partial charge is 0.226 e. The van der Waals surface area contributed by atoms with Gasteiger partial charge in [-0.05, 0) is 34.8 Å². The summed E-state index contributed by atoms with van der Waals surface area (Å²) in [7, 11) is 0. The van der Waals surface area contributed by atoms with Gasteiger partial charge in [0.1, 0.15) is 5.01 Å². The fraction of sp³-hybridized carbons (Fsp3) is 0.429. The maximum atomic E-state index is 12.0. The maximum absolute atomic E-state index is 12.0. The third-order valence-corrected chi connectivity index (χ3v) is 6.14. The van der Waals surface area contributed by atoms with Gasteiger partial charge in [-0.25, -0.2) is 4.98 Å². The summed E-state index contributed by atoms with van der Waals surface area (Å²) in [4.78, 5) is 17.7. The Morgan fingerprint density at radius 3 is 2.85 bits per heavy atom. The van der Waals surface area contributed by atoms with Gasteiger partial charge in [-0.2, -0.15) is 0 Å². The van der Waals surface area contributed by atoms with Crippen LogP contribution in [0.25, 0.3) is 9.88 Å². The number of thiazole rings is 1. The minimum absolute atomic E-state index is 0.0983. The van der Waals surface area contributed by atoms with Gasteiger partial charge >= 0.3 is 0 Å². The first-order valence-corrected chi connectivity index (χ1v) is 9.24. The van der Waals surface area contributed by atoms with Crippen LogP contribution < -0.4 is 5.32 Å². The predicted octanol–water partition coefficient (Wildman–Crippen LogP) is 4.24. The monoisotopic (exact) mass is 370 g/mol. The fourth-order valence-electron chi connectivity index (χ4n) is 2.44. The number of thiophene rings is 1. The zero-order valence-electron chi connectivity index (χ0n) is 10.9. The van der Waals surface area contributed by atoms with E-state index in [2.05, 4.69) is 32.3 Å². The van der Waals surface area contributed by atoms with Crippen molar-refractivity contribution in [1.29, 1.82) is 0 Å². The van der Waals surface area contributed by atoms with E-state index in [0.717, 1.165) is 32.9 Å². The summed E-state index contributed by atoms with van der Waals surface area (Å²) in [5.74, 6) is 0.0983. The number of hydrogen-bond acceptors (Lipinski definition) is 4. The molecule has 0 aliphatic heterocycles. The molecule has 2 aromatic heterocycles. The van der Waals surface area contributed by atoms with E-state index in [1.165, 1.54) is 12.8 Å². The van der Waals surface area contributed by atoms with Gasteiger partial charge in [0.25, 0.3) is 0 Å². The highest BCUT2D eigenvalue weighted by atomic mass is 79.9. The van der Waals surface area contributed by atoms with Crippen LogP contribution in [-0.2, 0) is 11.2 Å². The molecule has 1 amide bonds. The van der Waals surface area contributed by atoms with Gasteiger partial charge in [0.15, 0.2) is 0 Å². The van der Waals surface area contributed by atoms with Gasteiger partial charge in [0.2, 0.25) is 5.91 Å². The summed E-state index contributed by atoms with van der Waals surface area (Å²) in [6.07, 6.45) is 5.10. The minimum Gasteiger partial charge on any atom is -0.353 e. The largest absolute Gasteiger partial charge is 0.353 e. The normalized spacial score (nSPS) is 15.7. The Morgan fingerprint density at radius 1 is 1.35 bits per heavy atom. The predicted molar refractivity (Wildman–Crippen MR) is 87.2 cm³/mol. The molecule has 1 aliphatic carbocycles. The molecular formula is C14H15BrN2OS2. The highest BCUT2D eigenvalue weighted by Gasteiger charge is 2.18. The molecule has 0 saturated heterocycles. The van der Waals surface area contributed by atoms with E-state index in [1.807, 2.05) is 10.8 Å². The Balaban J connectivity index is 1.60. The molecule has 2 aromatic rings. The molecular weight excluding hydrogens is 356 g/mol. The SMILES string of the molecule is O=C(Cc1csc(-c2cc(Br)cs2)n1)NC1CCCC1. The summed E-state index contributed by atoms with van der Waals surface area (Å²) in [5, 5.41) is 8.12. The molecule has 106 valence electrons. The molecule has 0 unspecified atom stereocenters. The number of carbonyl (C=O) groups is 1.